The summed E-state index contributed by atoms with van der Waals surface area (Å²) in [4.78, 5) is 8.21. The van der Waals surface area contributed by atoms with E-state index in [0.29, 0.717) is 25.9 Å². The summed E-state index contributed by atoms with van der Waals surface area (Å²) in [6, 6.07) is 3.89. The van der Waals surface area contributed by atoms with Crippen molar-refractivity contribution in [2.24, 2.45) is 0 Å². The fourth-order valence-electron chi connectivity index (χ4n) is 3.69. The number of aliphatic hydroxyl groups is 3. The van der Waals surface area contributed by atoms with Crippen molar-refractivity contribution in [1.82, 2.24) is 9.88 Å². The molecule has 0 unspecified atom stereocenters. The van der Waals surface area contributed by atoms with Crippen molar-refractivity contribution >= 4 is 5.82 Å². The molecule has 0 radical (unpaired) electrons. The van der Waals surface area contributed by atoms with E-state index in [1.165, 1.54) is 0 Å². The molecule has 0 bridgehead atoms. The Morgan fingerprint density at radius 3 is 2.42 bits per heavy atom. The van der Waals surface area contributed by atoms with Crippen LogP contribution >= 0.6 is 0 Å². The molecule has 0 spiro atoms. The number of aryl methyl sites for hydroxylation is 1. The lowest BCUT2D eigenvalue weighted by molar-refractivity contribution is -0.118. The molecule has 6 nitrogen and oxygen atoms in total. The van der Waals surface area contributed by atoms with Crippen LogP contribution < -0.4 is 4.90 Å². The lowest BCUT2D eigenvalue weighted by atomic mass is 9.91. The van der Waals surface area contributed by atoms with Gasteiger partial charge in [0.1, 0.15) is 17.6 Å². The first-order valence-corrected chi connectivity index (χ1v) is 8.50. The molecule has 3 rings (SSSR count). The van der Waals surface area contributed by atoms with E-state index in [4.69, 9.17) is 0 Å². The lowest BCUT2D eigenvalue weighted by Crippen LogP contribution is -2.58. The largest absolute Gasteiger partial charge is 0.389 e. The number of aliphatic hydroxyl groups excluding tert-OH is 3. The zero-order chi connectivity index (χ0) is 17.3. The minimum Gasteiger partial charge on any atom is -0.389 e. The molecule has 0 aromatic carbocycles. The number of piperidine rings is 2. The number of anilines is 1. The van der Waals surface area contributed by atoms with E-state index in [0.717, 1.165) is 11.4 Å². The van der Waals surface area contributed by atoms with Gasteiger partial charge in [0.05, 0.1) is 12.2 Å². The van der Waals surface area contributed by atoms with Gasteiger partial charge < -0.3 is 20.2 Å². The molecule has 1 aromatic rings. The van der Waals surface area contributed by atoms with Gasteiger partial charge in [-0.3, -0.25) is 4.90 Å². The van der Waals surface area contributed by atoms with E-state index >= 15 is 4.39 Å². The van der Waals surface area contributed by atoms with E-state index in [1.807, 2.05) is 19.1 Å². The predicted octanol–water partition coefficient (Wildman–Crippen LogP) is 0.0968. The van der Waals surface area contributed by atoms with Crippen molar-refractivity contribution in [3.8, 4) is 0 Å². The maximum Gasteiger partial charge on any atom is 0.131 e. The van der Waals surface area contributed by atoms with Gasteiger partial charge in [0.25, 0.3) is 0 Å². The molecular weight excluding hydrogens is 313 g/mol. The van der Waals surface area contributed by atoms with E-state index in [1.54, 1.807) is 11.1 Å². The molecule has 2 saturated heterocycles. The summed E-state index contributed by atoms with van der Waals surface area (Å²) in [5, 5.41) is 29.1. The van der Waals surface area contributed by atoms with Crippen molar-refractivity contribution in [1.29, 1.82) is 0 Å². The quantitative estimate of drug-likeness (QED) is 0.725. The van der Waals surface area contributed by atoms with Crippen LogP contribution in [0.15, 0.2) is 18.3 Å². The minimum atomic E-state index is -1.35. The van der Waals surface area contributed by atoms with Gasteiger partial charge in [0.2, 0.25) is 0 Å². The highest BCUT2D eigenvalue weighted by Gasteiger charge is 2.40. The second kappa shape index (κ2) is 6.92. The highest BCUT2D eigenvalue weighted by molar-refractivity contribution is 5.46. The van der Waals surface area contributed by atoms with Crippen LogP contribution in [0.3, 0.4) is 0 Å². The fraction of sp³-hybridized carbons (Fsp3) is 0.706. The van der Waals surface area contributed by atoms with E-state index in [2.05, 4.69) is 9.88 Å². The highest BCUT2D eigenvalue weighted by Crippen LogP contribution is 2.31. The van der Waals surface area contributed by atoms with Crippen LogP contribution in [0.2, 0.25) is 0 Å². The van der Waals surface area contributed by atoms with Gasteiger partial charge >= 0.3 is 0 Å². The van der Waals surface area contributed by atoms with E-state index < -0.39 is 24.0 Å². The van der Waals surface area contributed by atoms with Crippen LogP contribution in [0.4, 0.5) is 10.2 Å². The fourth-order valence-corrected chi connectivity index (χ4v) is 3.69. The third-order valence-corrected chi connectivity index (χ3v) is 5.13. The smallest absolute Gasteiger partial charge is 0.131 e. The van der Waals surface area contributed by atoms with Gasteiger partial charge in [-0.05, 0) is 18.6 Å². The van der Waals surface area contributed by atoms with Gasteiger partial charge in [-0.25, -0.2) is 9.37 Å². The number of nitrogens with zero attached hydrogens (tertiary/aromatic N) is 3. The third-order valence-electron chi connectivity index (χ3n) is 5.13. The summed E-state index contributed by atoms with van der Waals surface area (Å²) in [5.74, 6) is 0.909. The molecule has 0 aliphatic carbocycles. The molecule has 0 saturated carbocycles. The molecule has 3 N–H and O–H groups in total. The number of halogens is 1. The zero-order valence-electron chi connectivity index (χ0n) is 14.0. The molecule has 2 fully saturated rings. The average Bonchev–Trinajstić information content (AvgIpc) is 2.54. The number of β-amino-alcohol motifs (C(OH)–C–C–N with tert-alkyl or cyclic N) is 2. The Kier molecular flexibility index (Phi) is 5.05. The van der Waals surface area contributed by atoms with Crippen LogP contribution in [0.25, 0.3) is 0 Å². The summed E-state index contributed by atoms with van der Waals surface area (Å²) in [5.41, 5.74) is -0.263. The Bertz CT molecular complexity index is 554. The van der Waals surface area contributed by atoms with Gasteiger partial charge in [-0.15, -0.1) is 0 Å². The number of alkyl halides is 1. The minimum absolute atomic E-state index is 0.170. The molecule has 2 aliphatic rings. The van der Waals surface area contributed by atoms with Crippen LogP contribution in [0.5, 0.6) is 0 Å². The third kappa shape index (κ3) is 3.69. The Hall–Kier alpha value is -1.28. The number of hydrogen-bond donors (Lipinski definition) is 3. The zero-order valence-corrected chi connectivity index (χ0v) is 14.0. The van der Waals surface area contributed by atoms with Crippen LogP contribution in [0.1, 0.15) is 18.4 Å². The monoisotopic (exact) mass is 339 g/mol. The molecule has 3 heterocycles. The average molecular weight is 339 g/mol. The Labute approximate surface area is 141 Å². The van der Waals surface area contributed by atoms with Crippen molar-refractivity contribution in [3.05, 3.63) is 23.9 Å². The van der Waals surface area contributed by atoms with Crippen molar-refractivity contribution < 1.29 is 19.7 Å². The first-order chi connectivity index (χ1) is 11.4. The molecule has 2 aliphatic heterocycles. The topological polar surface area (TPSA) is 80.1 Å². The first kappa shape index (κ1) is 17.5. The molecule has 0 amide bonds. The first-order valence-electron chi connectivity index (χ1n) is 8.50. The number of likely N-dealkylation sites (tertiary alicyclic amines) is 1. The molecule has 1 aromatic heterocycles. The molecule has 3 atom stereocenters. The second-order valence-electron chi connectivity index (χ2n) is 7.10. The SMILES string of the molecule is Cc1cccnc1N1CCC(F)(CN2C[C@@H](O)[C@H](O)[C@@H](O)C2)CC1. The highest BCUT2D eigenvalue weighted by atomic mass is 19.1. The van der Waals surface area contributed by atoms with E-state index in [-0.39, 0.29) is 19.6 Å². The summed E-state index contributed by atoms with van der Waals surface area (Å²) < 4.78 is 15.2. The summed E-state index contributed by atoms with van der Waals surface area (Å²) in [7, 11) is 0. The van der Waals surface area contributed by atoms with Gasteiger partial charge in [-0.2, -0.15) is 0 Å². The van der Waals surface area contributed by atoms with Crippen LogP contribution in [0, 0.1) is 6.92 Å². The van der Waals surface area contributed by atoms with E-state index in [9.17, 15) is 15.3 Å². The van der Waals surface area contributed by atoms with Gasteiger partial charge in [0.15, 0.2) is 0 Å². The van der Waals surface area contributed by atoms with Crippen molar-refractivity contribution in [2.75, 3.05) is 37.6 Å². The second-order valence-corrected chi connectivity index (χ2v) is 7.10. The maximum atomic E-state index is 15.2. The Balaban J connectivity index is 1.58. The van der Waals surface area contributed by atoms with Crippen LogP contribution in [-0.4, -0.2) is 81.9 Å². The van der Waals surface area contributed by atoms with Crippen molar-refractivity contribution in [2.45, 2.75) is 43.7 Å². The standard InChI is InChI=1S/C17H26FN3O3/c1-12-3-2-6-19-16(12)21-7-4-17(18,5-8-21)11-20-9-13(22)15(24)14(23)10-20/h2-3,6,13-15,22-24H,4-5,7-11H2,1H3/t13-,14+,15+. The number of rotatable bonds is 3. The Morgan fingerprint density at radius 2 is 1.83 bits per heavy atom. The molecule has 7 heteroatoms. The number of pyridine rings is 1. The lowest BCUT2D eigenvalue weighted by Gasteiger charge is -2.43. The summed E-state index contributed by atoms with van der Waals surface area (Å²) >= 11 is 0. The van der Waals surface area contributed by atoms with Gasteiger partial charge in [0, 0.05) is 51.8 Å². The molecular formula is C17H26FN3O3. The van der Waals surface area contributed by atoms with Crippen LogP contribution in [-0.2, 0) is 0 Å². The van der Waals surface area contributed by atoms with Crippen molar-refractivity contribution in [3.63, 3.8) is 0 Å². The summed E-state index contributed by atoms with van der Waals surface area (Å²) in [6.07, 6.45) is -0.697. The summed E-state index contributed by atoms with van der Waals surface area (Å²) in [6.45, 7) is 3.73. The maximum absolute atomic E-state index is 15.2. The molecule has 134 valence electrons. The van der Waals surface area contributed by atoms with Gasteiger partial charge in [-0.1, -0.05) is 6.07 Å². The molecule has 24 heavy (non-hydrogen) atoms. The number of aromatic nitrogens is 1. The normalized spacial score (nSPS) is 31.2. The predicted molar refractivity (Wildman–Crippen MR) is 88.7 cm³/mol. The number of hydrogen-bond acceptors (Lipinski definition) is 6. The Morgan fingerprint density at radius 1 is 1.21 bits per heavy atom.